The third-order valence-corrected chi connectivity index (χ3v) is 2.51. The van der Waals surface area contributed by atoms with Gasteiger partial charge in [0, 0.05) is 12.6 Å². The number of aromatic nitrogens is 2. The zero-order valence-corrected chi connectivity index (χ0v) is 9.51. The van der Waals surface area contributed by atoms with Crippen LogP contribution in [0.4, 0.5) is 5.82 Å². The largest absolute Gasteiger partial charge is 0.395 e. The first-order valence-corrected chi connectivity index (χ1v) is 5.43. The molecule has 0 aromatic carbocycles. The van der Waals surface area contributed by atoms with Crippen molar-refractivity contribution < 1.29 is 5.11 Å². The first kappa shape index (κ1) is 11.1. The van der Waals surface area contributed by atoms with E-state index in [2.05, 4.69) is 34.5 Å². The van der Waals surface area contributed by atoms with Crippen LogP contribution in [0.5, 0.6) is 0 Å². The standard InChI is InChI=1S/C10H17N5O/c1-7(2)15-6-14-8-9(11-3-4-16)12-5-13-10(8)15/h5-7,9,11,16H,3-4H2,1-2H3,(H,12,13). The fraction of sp³-hybridized carbons (Fsp3) is 0.600. The van der Waals surface area contributed by atoms with Crippen LogP contribution in [0.25, 0.3) is 0 Å². The molecule has 88 valence electrons. The fourth-order valence-corrected chi connectivity index (χ4v) is 1.70. The lowest BCUT2D eigenvalue weighted by atomic mass is 10.3. The van der Waals surface area contributed by atoms with Crippen molar-refractivity contribution in [3.05, 3.63) is 12.0 Å². The predicted octanol–water partition coefficient (Wildman–Crippen LogP) is 0.307. The highest BCUT2D eigenvalue weighted by atomic mass is 16.3. The maximum atomic E-state index is 8.79. The summed E-state index contributed by atoms with van der Waals surface area (Å²) in [7, 11) is 0. The Morgan fingerprint density at radius 2 is 2.44 bits per heavy atom. The molecule has 16 heavy (non-hydrogen) atoms. The second-order valence-corrected chi connectivity index (χ2v) is 3.99. The Balaban J connectivity index is 2.24. The minimum Gasteiger partial charge on any atom is -0.395 e. The van der Waals surface area contributed by atoms with Crippen molar-refractivity contribution in [3.8, 4) is 0 Å². The third-order valence-electron chi connectivity index (χ3n) is 2.51. The maximum absolute atomic E-state index is 8.79. The SMILES string of the molecule is CC(C)n1cnc2c1N=CNC2NCCO. The van der Waals surface area contributed by atoms with Gasteiger partial charge in [-0.15, -0.1) is 0 Å². The first-order valence-electron chi connectivity index (χ1n) is 5.43. The molecule has 0 spiro atoms. The summed E-state index contributed by atoms with van der Waals surface area (Å²) in [4.78, 5) is 8.65. The molecule has 0 fully saturated rings. The summed E-state index contributed by atoms with van der Waals surface area (Å²) in [6.07, 6.45) is 3.39. The average molecular weight is 223 g/mol. The monoisotopic (exact) mass is 223 g/mol. The summed E-state index contributed by atoms with van der Waals surface area (Å²) in [5.41, 5.74) is 0.879. The van der Waals surface area contributed by atoms with Crippen molar-refractivity contribution in [2.45, 2.75) is 26.1 Å². The number of hydrogen-bond donors (Lipinski definition) is 3. The molecule has 0 radical (unpaired) electrons. The fourth-order valence-electron chi connectivity index (χ4n) is 1.70. The lowest BCUT2D eigenvalue weighted by molar-refractivity contribution is 0.281. The average Bonchev–Trinajstić information content (AvgIpc) is 2.70. The number of aliphatic hydroxyl groups excluding tert-OH is 1. The van der Waals surface area contributed by atoms with Crippen LogP contribution in [0.2, 0.25) is 0 Å². The van der Waals surface area contributed by atoms with Crippen molar-refractivity contribution in [2.75, 3.05) is 13.2 Å². The van der Waals surface area contributed by atoms with Crippen molar-refractivity contribution in [3.63, 3.8) is 0 Å². The maximum Gasteiger partial charge on any atom is 0.161 e. The van der Waals surface area contributed by atoms with Crippen LogP contribution < -0.4 is 10.6 Å². The van der Waals surface area contributed by atoms with E-state index in [0.29, 0.717) is 12.6 Å². The Bertz CT molecular complexity index is 385. The number of aliphatic hydroxyl groups is 1. The highest BCUT2D eigenvalue weighted by Gasteiger charge is 2.22. The topological polar surface area (TPSA) is 74.5 Å². The van der Waals surface area contributed by atoms with Crippen LogP contribution in [0.3, 0.4) is 0 Å². The van der Waals surface area contributed by atoms with Crippen LogP contribution in [0.15, 0.2) is 11.3 Å². The molecule has 2 rings (SSSR count). The van der Waals surface area contributed by atoms with E-state index < -0.39 is 0 Å². The summed E-state index contributed by atoms with van der Waals surface area (Å²) in [6.45, 7) is 4.82. The minimum absolute atomic E-state index is 0.0698. The van der Waals surface area contributed by atoms with E-state index in [0.717, 1.165) is 11.5 Å². The Morgan fingerprint density at radius 3 is 3.12 bits per heavy atom. The van der Waals surface area contributed by atoms with Crippen LogP contribution in [0.1, 0.15) is 31.7 Å². The van der Waals surface area contributed by atoms with Gasteiger partial charge in [0.25, 0.3) is 0 Å². The van der Waals surface area contributed by atoms with Crippen LogP contribution in [0, 0.1) is 0 Å². The number of imidazole rings is 1. The summed E-state index contributed by atoms with van der Waals surface area (Å²) in [5, 5.41) is 15.0. The van der Waals surface area contributed by atoms with E-state index in [4.69, 9.17) is 5.11 Å². The van der Waals surface area contributed by atoms with Gasteiger partial charge in [0.2, 0.25) is 0 Å². The molecule has 1 aliphatic rings. The van der Waals surface area contributed by atoms with Crippen LogP contribution >= 0.6 is 0 Å². The normalized spacial score (nSPS) is 18.6. The smallest absolute Gasteiger partial charge is 0.161 e. The van der Waals surface area contributed by atoms with Crippen LogP contribution in [-0.4, -0.2) is 34.1 Å². The van der Waals surface area contributed by atoms with Gasteiger partial charge in [-0.25, -0.2) is 9.98 Å². The van der Waals surface area contributed by atoms with Gasteiger partial charge in [-0.1, -0.05) is 0 Å². The molecule has 0 bridgehead atoms. The molecule has 1 aromatic heterocycles. The molecule has 3 N–H and O–H groups in total. The van der Waals surface area contributed by atoms with Gasteiger partial charge in [0.1, 0.15) is 11.9 Å². The van der Waals surface area contributed by atoms with Gasteiger partial charge >= 0.3 is 0 Å². The van der Waals surface area contributed by atoms with Crippen molar-refractivity contribution >= 4 is 12.2 Å². The molecule has 6 heteroatoms. The Morgan fingerprint density at radius 1 is 1.62 bits per heavy atom. The number of aliphatic imine (C=N–C) groups is 1. The number of rotatable bonds is 4. The van der Waals surface area contributed by atoms with Gasteiger partial charge in [-0.2, -0.15) is 0 Å². The summed E-state index contributed by atoms with van der Waals surface area (Å²) < 4.78 is 2.03. The van der Waals surface area contributed by atoms with Gasteiger partial charge < -0.3 is 15.0 Å². The van der Waals surface area contributed by atoms with E-state index >= 15 is 0 Å². The zero-order valence-electron chi connectivity index (χ0n) is 9.51. The molecule has 1 unspecified atom stereocenters. The third kappa shape index (κ3) is 1.94. The van der Waals surface area contributed by atoms with Gasteiger partial charge in [-0.05, 0) is 13.8 Å². The van der Waals surface area contributed by atoms with Gasteiger partial charge in [0.15, 0.2) is 5.82 Å². The summed E-state index contributed by atoms with van der Waals surface area (Å²) >= 11 is 0. The number of nitrogens with zero attached hydrogens (tertiary/aromatic N) is 3. The van der Waals surface area contributed by atoms with Crippen molar-refractivity contribution in [2.24, 2.45) is 4.99 Å². The van der Waals surface area contributed by atoms with E-state index in [1.54, 1.807) is 12.7 Å². The Kier molecular flexibility index (Phi) is 3.21. The molecule has 0 saturated carbocycles. The summed E-state index contributed by atoms with van der Waals surface area (Å²) in [6, 6.07) is 0.338. The molecule has 6 nitrogen and oxygen atoms in total. The van der Waals surface area contributed by atoms with E-state index in [1.807, 2.05) is 4.57 Å². The number of nitrogens with one attached hydrogen (secondary N) is 2. The quantitative estimate of drug-likeness (QED) is 0.686. The highest BCUT2D eigenvalue weighted by Crippen LogP contribution is 2.27. The van der Waals surface area contributed by atoms with E-state index in [1.165, 1.54) is 0 Å². The van der Waals surface area contributed by atoms with Gasteiger partial charge in [-0.3, -0.25) is 5.32 Å². The highest BCUT2D eigenvalue weighted by molar-refractivity contribution is 5.65. The molecule has 1 aliphatic heterocycles. The number of fused-ring (bicyclic) bond motifs is 1. The first-order chi connectivity index (χ1) is 7.74. The molecule has 2 heterocycles. The molecule has 1 atom stereocenters. The minimum atomic E-state index is -0.0698. The molecule has 0 aliphatic carbocycles. The Labute approximate surface area is 94.4 Å². The molecular formula is C10H17N5O. The van der Waals surface area contributed by atoms with Crippen molar-refractivity contribution in [1.29, 1.82) is 0 Å². The molecular weight excluding hydrogens is 206 g/mol. The van der Waals surface area contributed by atoms with Crippen molar-refractivity contribution in [1.82, 2.24) is 20.2 Å². The zero-order chi connectivity index (χ0) is 11.5. The summed E-state index contributed by atoms with van der Waals surface area (Å²) in [5.74, 6) is 0.879. The van der Waals surface area contributed by atoms with E-state index in [-0.39, 0.29) is 12.8 Å². The molecule has 1 aromatic rings. The van der Waals surface area contributed by atoms with Crippen LogP contribution in [-0.2, 0) is 0 Å². The van der Waals surface area contributed by atoms with Gasteiger partial charge in [0.05, 0.1) is 19.3 Å². The van der Waals surface area contributed by atoms with E-state index in [9.17, 15) is 0 Å². The Hall–Kier alpha value is -1.40. The second-order valence-electron chi connectivity index (χ2n) is 3.99. The molecule has 0 amide bonds. The lowest BCUT2D eigenvalue weighted by Crippen LogP contribution is -2.37. The number of hydrogen-bond acceptors (Lipinski definition) is 5. The molecule has 0 saturated heterocycles. The predicted molar refractivity (Wildman–Crippen MR) is 61.7 cm³/mol. The second kappa shape index (κ2) is 4.63. The lowest BCUT2D eigenvalue weighted by Gasteiger charge is -2.21.